The molecule has 80 heavy (non-hydrogen) atoms. The van der Waals surface area contributed by atoms with Crippen molar-refractivity contribution < 1.29 is 28.4 Å². The second-order valence-corrected chi connectivity index (χ2v) is 23.4. The molecule has 0 aliphatic heterocycles. The lowest BCUT2D eigenvalue weighted by atomic mass is 10.0. The minimum atomic E-state index is 0.345. The van der Waals surface area contributed by atoms with E-state index in [1.807, 2.05) is 54.6 Å². The van der Waals surface area contributed by atoms with Crippen LogP contribution in [0.15, 0.2) is 54.6 Å². The van der Waals surface area contributed by atoms with Gasteiger partial charge >= 0.3 is 0 Å². The molecule has 0 spiro atoms. The third-order valence-corrected chi connectivity index (χ3v) is 15.3. The fourth-order valence-corrected chi connectivity index (χ4v) is 9.61. The van der Waals surface area contributed by atoms with Gasteiger partial charge < -0.3 is 44.4 Å². The lowest BCUT2D eigenvalue weighted by molar-refractivity contribution is 0.238. The van der Waals surface area contributed by atoms with E-state index in [2.05, 4.69) is 92.1 Å². The van der Waals surface area contributed by atoms with Gasteiger partial charge in [0.15, 0.2) is 34.5 Å². The molecule has 3 N–H and O–H groups in total. The molecule has 1 aromatic heterocycles. The number of benzene rings is 3. The Morgan fingerprint density at radius 1 is 0.287 bits per heavy atom. The molecule has 1 heterocycles. The second-order valence-electron chi connectivity index (χ2n) is 23.4. The van der Waals surface area contributed by atoms with E-state index in [4.69, 9.17) is 43.4 Å². The Hall–Kier alpha value is -5.13. The van der Waals surface area contributed by atoms with Crippen LogP contribution in [0.25, 0.3) is 0 Å². The van der Waals surface area contributed by atoms with Gasteiger partial charge in [-0.05, 0) is 105 Å². The molecule has 12 heteroatoms. The topological polar surface area (TPSA) is 130 Å². The predicted molar refractivity (Wildman–Crippen MR) is 337 cm³/mol. The highest BCUT2D eigenvalue weighted by molar-refractivity contribution is 5.66. The zero-order chi connectivity index (χ0) is 57.6. The van der Waals surface area contributed by atoms with Crippen LogP contribution < -0.4 is 44.4 Å². The Labute approximate surface area is 487 Å². The number of unbranched alkanes of at least 4 members (excludes halogenated alkanes) is 9. The number of aromatic nitrogens is 3. The van der Waals surface area contributed by atoms with Crippen LogP contribution in [-0.4, -0.2) is 54.6 Å². The number of nitrogens with one attached hydrogen (secondary N) is 3. The summed E-state index contributed by atoms with van der Waals surface area (Å²) in [5, 5.41) is 10.5. The van der Waals surface area contributed by atoms with Crippen LogP contribution in [0, 0.1) is 29.6 Å². The van der Waals surface area contributed by atoms with Gasteiger partial charge in [0.25, 0.3) is 0 Å². The molecular formula is C68H112N6O6. The van der Waals surface area contributed by atoms with Gasteiger partial charge in [-0.3, -0.25) is 0 Å². The van der Waals surface area contributed by atoms with E-state index >= 15 is 0 Å². The van der Waals surface area contributed by atoms with E-state index < -0.39 is 0 Å². The Balaban J connectivity index is 1.72. The Bertz CT molecular complexity index is 2120. The average Bonchev–Trinajstić information content (AvgIpc) is 3.44. The van der Waals surface area contributed by atoms with Gasteiger partial charge in [-0.15, -0.1) is 0 Å². The maximum Gasteiger partial charge on any atom is 0.233 e. The molecule has 450 valence electrons. The van der Waals surface area contributed by atoms with Gasteiger partial charge in [0.2, 0.25) is 17.8 Å². The summed E-state index contributed by atoms with van der Waals surface area (Å²) in [6.45, 7) is 28.8. The lowest BCUT2D eigenvalue weighted by Gasteiger charge is -2.18. The van der Waals surface area contributed by atoms with Gasteiger partial charge in [0, 0.05) is 35.3 Å². The first kappa shape index (κ1) is 67.4. The van der Waals surface area contributed by atoms with E-state index in [9.17, 15) is 0 Å². The summed E-state index contributed by atoms with van der Waals surface area (Å²) in [6, 6.07) is 18.0. The molecule has 12 nitrogen and oxygen atoms in total. The van der Waals surface area contributed by atoms with Crippen LogP contribution in [0.3, 0.4) is 0 Å². The molecule has 0 saturated heterocycles. The minimum Gasteiger partial charge on any atom is -0.490 e. The van der Waals surface area contributed by atoms with E-state index in [1.54, 1.807) is 0 Å². The quantitative estimate of drug-likeness (QED) is 0.0364. The molecule has 0 aliphatic rings. The number of nitrogens with zero attached hydrogens (tertiary/aromatic N) is 3. The number of hydrogen-bond donors (Lipinski definition) is 3. The van der Waals surface area contributed by atoms with Crippen molar-refractivity contribution >= 4 is 34.9 Å². The van der Waals surface area contributed by atoms with Gasteiger partial charge in [0.05, 0.1) is 39.6 Å². The first-order valence-electron chi connectivity index (χ1n) is 32.2. The van der Waals surface area contributed by atoms with Gasteiger partial charge in [-0.25, -0.2) is 0 Å². The first-order chi connectivity index (χ1) is 39.0. The molecule has 5 unspecified atom stereocenters. The van der Waals surface area contributed by atoms with Crippen molar-refractivity contribution in [2.45, 2.75) is 237 Å². The maximum absolute atomic E-state index is 6.56. The SMILES string of the molecule is CCCCCCCOc1cc(Nc2nc(Nc3ccc(OCCC(C)CCCC)c(OCCC(C)CCCC)c3)nc(Nc3ccc(OCCC(C)CCCC)c(OCCC(C)CCCC)c3)n2)ccc1OCCC(C)CCCC. The number of hydrogen-bond acceptors (Lipinski definition) is 12. The average molecular weight is 1110 g/mol. The van der Waals surface area contributed by atoms with E-state index in [1.165, 1.54) is 116 Å². The van der Waals surface area contributed by atoms with Crippen molar-refractivity contribution in [3.8, 4) is 34.5 Å². The molecule has 0 amide bonds. The highest BCUT2D eigenvalue weighted by atomic mass is 16.5. The smallest absolute Gasteiger partial charge is 0.233 e. The summed E-state index contributed by atoms with van der Waals surface area (Å²) < 4.78 is 39.0. The zero-order valence-electron chi connectivity index (χ0n) is 52.3. The van der Waals surface area contributed by atoms with Crippen LogP contribution >= 0.6 is 0 Å². The molecule has 4 rings (SSSR count). The van der Waals surface area contributed by atoms with Crippen molar-refractivity contribution in [3.63, 3.8) is 0 Å². The third-order valence-electron chi connectivity index (χ3n) is 15.3. The molecule has 0 aliphatic carbocycles. The summed E-state index contributed by atoms with van der Waals surface area (Å²) in [5.74, 6) is 8.29. The van der Waals surface area contributed by atoms with Crippen molar-refractivity contribution in [2.75, 3.05) is 55.6 Å². The van der Waals surface area contributed by atoms with Crippen molar-refractivity contribution in [2.24, 2.45) is 29.6 Å². The fraction of sp³-hybridized carbons (Fsp3) is 0.691. The molecule has 0 bridgehead atoms. The number of anilines is 6. The normalized spacial score (nSPS) is 13.2. The predicted octanol–water partition coefficient (Wildman–Crippen LogP) is 20.4. The molecule has 3 aromatic carbocycles. The second kappa shape index (κ2) is 41.0. The monoisotopic (exact) mass is 1110 g/mol. The largest absolute Gasteiger partial charge is 0.490 e. The van der Waals surface area contributed by atoms with Gasteiger partial charge in [-0.1, -0.05) is 198 Å². The summed E-state index contributed by atoms with van der Waals surface area (Å²) in [4.78, 5) is 14.9. The molecule has 0 saturated carbocycles. The van der Waals surface area contributed by atoms with Crippen molar-refractivity contribution in [1.29, 1.82) is 0 Å². The minimum absolute atomic E-state index is 0.345. The zero-order valence-corrected chi connectivity index (χ0v) is 52.3. The fourth-order valence-electron chi connectivity index (χ4n) is 9.61. The number of ether oxygens (including phenoxy) is 6. The van der Waals surface area contributed by atoms with Crippen LogP contribution in [0.1, 0.15) is 237 Å². The van der Waals surface area contributed by atoms with E-state index in [0.29, 0.717) is 104 Å². The number of rotatable bonds is 48. The van der Waals surface area contributed by atoms with E-state index in [0.717, 1.165) is 79.3 Å². The standard InChI is InChI=1S/C68H112N6O6/c1-12-18-24-25-26-43-75-63-49-57(32-35-60(63)76-44-38-52(7)27-19-13-2)69-66-72-67(70-58-33-36-61(77-45-39-53(8)28-20-14-3)64(50-58)79-47-41-55(10)30-22-16-5)74-68(73-66)71-59-34-37-62(78-46-40-54(9)29-21-15-4)65(51-59)80-48-42-56(11)31-23-17-6/h32-37,49-56H,12-31,38-48H2,1-11H3,(H3,69,70,71,72,73,74). The Kier molecular flexibility index (Phi) is 34.5. The molecular weight excluding hydrogens is 997 g/mol. The molecule has 0 radical (unpaired) electrons. The van der Waals surface area contributed by atoms with Crippen molar-refractivity contribution in [3.05, 3.63) is 54.6 Å². The summed E-state index contributed by atoms with van der Waals surface area (Å²) in [6.07, 6.45) is 28.9. The first-order valence-corrected chi connectivity index (χ1v) is 32.2. The maximum atomic E-state index is 6.56. The van der Waals surface area contributed by atoms with Crippen LogP contribution in [0.5, 0.6) is 34.5 Å². The Morgan fingerprint density at radius 3 is 0.812 bits per heavy atom. The molecule has 4 aromatic rings. The summed E-state index contributed by atoms with van der Waals surface area (Å²) in [5.41, 5.74) is 2.29. The highest BCUT2D eigenvalue weighted by Crippen LogP contribution is 2.37. The highest BCUT2D eigenvalue weighted by Gasteiger charge is 2.17. The summed E-state index contributed by atoms with van der Waals surface area (Å²) in [7, 11) is 0. The lowest BCUT2D eigenvalue weighted by Crippen LogP contribution is -2.10. The van der Waals surface area contributed by atoms with E-state index in [-0.39, 0.29) is 0 Å². The van der Waals surface area contributed by atoms with Crippen LogP contribution in [-0.2, 0) is 0 Å². The van der Waals surface area contributed by atoms with Crippen molar-refractivity contribution in [1.82, 2.24) is 15.0 Å². The van der Waals surface area contributed by atoms with Gasteiger partial charge in [-0.2, -0.15) is 15.0 Å². The summed E-state index contributed by atoms with van der Waals surface area (Å²) >= 11 is 0. The molecule has 0 fully saturated rings. The molecule has 5 atom stereocenters. The van der Waals surface area contributed by atoms with Crippen LogP contribution in [0.4, 0.5) is 34.9 Å². The van der Waals surface area contributed by atoms with Gasteiger partial charge in [0.1, 0.15) is 0 Å². The Morgan fingerprint density at radius 2 is 0.537 bits per heavy atom. The third kappa shape index (κ3) is 28.0. The van der Waals surface area contributed by atoms with Crippen LogP contribution in [0.2, 0.25) is 0 Å².